The number of nitrogens with zero attached hydrogens (tertiary/aromatic N) is 1. The maximum atomic E-state index is 13.1. The third kappa shape index (κ3) is 3.13. The normalized spacial score (nSPS) is 11.6. The number of rotatable bonds is 3. The van der Waals surface area contributed by atoms with Gasteiger partial charge in [0.25, 0.3) is 0 Å². The first-order valence-corrected chi connectivity index (χ1v) is 8.41. The Morgan fingerprint density at radius 1 is 1.13 bits per heavy atom. The Kier molecular flexibility index (Phi) is 3.95. The van der Waals surface area contributed by atoms with Crippen LogP contribution in [0.1, 0.15) is 5.69 Å². The van der Waals surface area contributed by atoms with Gasteiger partial charge in [-0.2, -0.15) is 8.42 Å². The van der Waals surface area contributed by atoms with E-state index in [1.807, 2.05) is 12.1 Å². The van der Waals surface area contributed by atoms with Crippen LogP contribution in [0.4, 0.5) is 4.39 Å². The van der Waals surface area contributed by atoms with Crippen LogP contribution < -0.4 is 4.18 Å². The lowest BCUT2D eigenvalue weighted by Gasteiger charge is -2.10. The molecule has 0 bridgehead atoms. The van der Waals surface area contributed by atoms with Crippen molar-refractivity contribution in [3.63, 3.8) is 0 Å². The van der Waals surface area contributed by atoms with Gasteiger partial charge in [-0.1, -0.05) is 29.8 Å². The number of halogens is 2. The monoisotopic (exact) mass is 351 g/mol. The van der Waals surface area contributed by atoms with E-state index in [4.69, 9.17) is 15.8 Å². The molecule has 0 N–H and O–H groups in total. The SMILES string of the molecule is Cc1ccc2cccc(OS(=O)(=O)c3ccc(F)cc3Cl)c2n1. The van der Waals surface area contributed by atoms with Crippen LogP contribution in [-0.2, 0) is 10.1 Å². The Morgan fingerprint density at radius 3 is 2.65 bits per heavy atom. The molecule has 3 aromatic rings. The molecule has 2 aromatic carbocycles. The highest BCUT2D eigenvalue weighted by molar-refractivity contribution is 7.87. The van der Waals surface area contributed by atoms with Crippen molar-refractivity contribution in [2.75, 3.05) is 0 Å². The number of fused-ring (bicyclic) bond motifs is 1. The van der Waals surface area contributed by atoms with Crippen molar-refractivity contribution in [2.24, 2.45) is 0 Å². The van der Waals surface area contributed by atoms with E-state index >= 15 is 0 Å². The van der Waals surface area contributed by atoms with Gasteiger partial charge in [0.15, 0.2) is 5.75 Å². The summed E-state index contributed by atoms with van der Waals surface area (Å²) in [6.07, 6.45) is 0. The fourth-order valence-corrected chi connectivity index (χ4v) is 3.57. The molecular weight excluding hydrogens is 341 g/mol. The van der Waals surface area contributed by atoms with Crippen LogP contribution in [0.15, 0.2) is 53.4 Å². The van der Waals surface area contributed by atoms with Gasteiger partial charge in [-0.15, -0.1) is 0 Å². The molecule has 0 fully saturated rings. The average molecular weight is 352 g/mol. The lowest BCUT2D eigenvalue weighted by atomic mass is 10.2. The number of para-hydroxylation sites is 1. The third-order valence-electron chi connectivity index (χ3n) is 3.19. The number of aromatic nitrogens is 1. The minimum atomic E-state index is -4.20. The molecule has 0 spiro atoms. The van der Waals surface area contributed by atoms with E-state index in [1.54, 1.807) is 19.1 Å². The molecule has 0 saturated heterocycles. The second kappa shape index (κ2) is 5.79. The second-order valence-electron chi connectivity index (χ2n) is 4.89. The zero-order valence-electron chi connectivity index (χ0n) is 12.0. The van der Waals surface area contributed by atoms with Crippen LogP contribution in [0.25, 0.3) is 10.9 Å². The van der Waals surface area contributed by atoms with Crippen LogP contribution in [-0.4, -0.2) is 13.4 Å². The predicted molar refractivity (Wildman–Crippen MR) is 85.7 cm³/mol. The fourth-order valence-electron chi connectivity index (χ4n) is 2.13. The van der Waals surface area contributed by atoms with Crippen molar-refractivity contribution < 1.29 is 17.0 Å². The standard InChI is InChI=1S/C16H11ClFNO3S/c1-10-5-6-11-3-2-4-14(16(11)19-10)22-23(20,21)15-8-7-12(18)9-13(15)17/h2-9H,1H3. The molecule has 23 heavy (non-hydrogen) atoms. The summed E-state index contributed by atoms with van der Waals surface area (Å²) in [4.78, 5) is 4.01. The summed E-state index contributed by atoms with van der Waals surface area (Å²) >= 11 is 5.81. The lowest BCUT2D eigenvalue weighted by molar-refractivity contribution is 0.488. The van der Waals surface area contributed by atoms with Crippen LogP contribution in [0.5, 0.6) is 5.75 Å². The number of aryl methyl sites for hydroxylation is 1. The number of pyridine rings is 1. The van der Waals surface area contributed by atoms with Gasteiger partial charge in [0, 0.05) is 11.1 Å². The van der Waals surface area contributed by atoms with Crippen molar-refractivity contribution >= 4 is 32.6 Å². The van der Waals surface area contributed by atoms with Crippen molar-refractivity contribution in [3.8, 4) is 5.75 Å². The van der Waals surface area contributed by atoms with E-state index in [0.29, 0.717) is 5.52 Å². The largest absolute Gasteiger partial charge is 0.377 e. The smallest absolute Gasteiger partial charge is 0.340 e. The second-order valence-corrected chi connectivity index (χ2v) is 6.81. The zero-order chi connectivity index (χ0) is 16.6. The molecule has 0 unspecified atom stereocenters. The highest BCUT2D eigenvalue weighted by atomic mass is 35.5. The van der Waals surface area contributed by atoms with Crippen LogP contribution in [0.3, 0.4) is 0 Å². The molecule has 0 amide bonds. The lowest BCUT2D eigenvalue weighted by Crippen LogP contribution is -2.11. The topological polar surface area (TPSA) is 56.3 Å². The van der Waals surface area contributed by atoms with E-state index in [2.05, 4.69) is 4.98 Å². The van der Waals surface area contributed by atoms with E-state index in [0.717, 1.165) is 29.3 Å². The highest BCUT2D eigenvalue weighted by Crippen LogP contribution is 2.29. The number of benzene rings is 2. The average Bonchev–Trinajstić information content (AvgIpc) is 2.47. The number of hydrogen-bond donors (Lipinski definition) is 0. The molecule has 1 heterocycles. The summed E-state index contributed by atoms with van der Waals surface area (Å²) in [5.41, 5.74) is 1.15. The van der Waals surface area contributed by atoms with E-state index in [1.165, 1.54) is 6.07 Å². The zero-order valence-corrected chi connectivity index (χ0v) is 13.5. The Labute approximate surface area is 137 Å². The maximum absolute atomic E-state index is 13.1. The molecule has 0 saturated carbocycles. The van der Waals surface area contributed by atoms with E-state index < -0.39 is 15.9 Å². The Bertz CT molecular complexity index is 1010. The quantitative estimate of drug-likeness (QED) is 0.666. The molecule has 0 aliphatic heterocycles. The van der Waals surface area contributed by atoms with Crippen LogP contribution in [0, 0.1) is 12.7 Å². The molecular formula is C16H11ClFNO3S. The molecule has 0 atom stereocenters. The number of hydrogen-bond acceptors (Lipinski definition) is 4. The molecule has 1 aromatic heterocycles. The van der Waals surface area contributed by atoms with E-state index in [-0.39, 0.29) is 15.7 Å². The fraction of sp³-hybridized carbons (Fsp3) is 0.0625. The van der Waals surface area contributed by atoms with Crippen molar-refractivity contribution in [1.82, 2.24) is 4.98 Å². The molecule has 0 aliphatic carbocycles. The molecule has 7 heteroatoms. The van der Waals surface area contributed by atoms with Gasteiger partial charge in [0.1, 0.15) is 16.2 Å². The summed E-state index contributed by atoms with van der Waals surface area (Å²) in [5.74, 6) is -0.539. The summed E-state index contributed by atoms with van der Waals surface area (Å²) in [7, 11) is -4.20. The van der Waals surface area contributed by atoms with Gasteiger partial charge in [-0.25, -0.2) is 9.37 Å². The van der Waals surface area contributed by atoms with Gasteiger partial charge >= 0.3 is 10.1 Å². The van der Waals surface area contributed by atoms with Gasteiger partial charge in [0.2, 0.25) is 0 Å². The summed E-state index contributed by atoms with van der Waals surface area (Å²) in [5, 5.41) is 0.503. The van der Waals surface area contributed by atoms with Crippen molar-refractivity contribution in [3.05, 3.63) is 65.1 Å². The first-order valence-electron chi connectivity index (χ1n) is 6.63. The van der Waals surface area contributed by atoms with Gasteiger partial charge in [0.05, 0.1) is 5.02 Å². The van der Waals surface area contributed by atoms with Crippen LogP contribution in [0.2, 0.25) is 5.02 Å². The highest BCUT2D eigenvalue weighted by Gasteiger charge is 2.22. The summed E-state index contributed by atoms with van der Waals surface area (Å²) in [6, 6.07) is 11.6. The molecule has 4 nitrogen and oxygen atoms in total. The first kappa shape index (κ1) is 15.7. The van der Waals surface area contributed by atoms with Crippen molar-refractivity contribution in [2.45, 2.75) is 11.8 Å². The van der Waals surface area contributed by atoms with Gasteiger partial charge < -0.3 is 4.18 Å². The van der Waals surface area contributed by atoms with Gasteiger partial charge in [-0.05, 0) is 37.3 Å². The third-order valence-corrected chi connectivity index (χ3v) is 4.90. The Hall–Kier alpha value is -2.18. The Balaban J connectivity index is 2.09. The molecule has 0 aliphatic rings. The van der Waals surface area contributed by atoms with E-state index in [9.17, 15) is 12.8 Å². The van der Waals surface area contributed by atoms with Crippen molar-refractivity contribution in [1.29, 1.82) is 0 Å². The molecule has 118 valence electrons. The maximum Gasteiger partial charge on any atom is 0.340 e. The Morgan fingerprint density at radius 2 is 1.91 bits per heavy atom. The first-order chi connectivity index (χ1) is 10.9. The predicted octanol–water partition coefficient (Wildman–Crippen LogP) is 4.10. The summed E-state index contributed by atoms with van der Waals surface area (Å²) < 4.78 is 43.1. The van der Waals surface area contributed by atoms with Gasteiger partial charge in [-0.3, -0.25) is 0 Å². The minimum Gasteiger partial charge on any atom is -0.377 e. The molecule has 0 radical (unpaired) electrons. The minimum absolute atomic E-state index is 0.0894. The molecule has 3 rings (SSSR count). The van der Waals surface area contributed by atoms with Crippen LogP contribution >= 0.6 is 11.6 Å². The summed E-state index contributed by atoms with van der Waals surface area (Å²) in [6.45, 7) is 1.79.